The SMILES string of the molecule is OC1CC=C(c2ccc(Cl)cc2)CC1. The van der Waals surface area contributed by atoms with Crippen LogP contribution in [0.25, 0.3) is 5.57 Å². The summed E-state index contributed by atoms with van der Waals surface area (Å²) in [7, 11) is 0. The molecule has 0 radical (unpaired) electrons. The summed E-state index contributed by atoms with van der Waals surface area (Å²) in [6.07, 6.45) is 4.58. The number of hydrogen-bond acceptors (Lipinski definition) is 1. The second-order valence-corrected chi connectivity index (χ2v) is 4.10. The van der Waals surface area contributed by atoms with Crippen LogP contribution in [-0.4, -0.2) is 11.2 Å². The van der Waals surface area contributed by atoms with Crippen molar-refractivity contribution in [2.45, 2.75) is 25.4 Å². The molecule has 74 valence electrons. The molecule has 1 atom stereocenters. The van der Waals surface area contributed by atoms with Crippen molar-refractivity contribution >= 4 is 17.2 Å². The Labute approximate surface area is 89.0 Å². The van der Waals surface area contributed by atoms with Crippen molar-refractivity contribution in [2.24, 2.45) is 0 Å². The lowest BCUT2D eigenvalue weighted by Crippen LogP contribution is -2.09. The summed E-state index contributed by atoms with van der Waals surface area (Å²) < 4.78 is 0. The van der Waals surface area contributed by atoms with Crippen LogP contribution in [0, 0.1) is 0 Å². The molecule has 0 spiro atoms. The van der Waals surface area contributed by atoms with E-state index in [2.05, 4.69) is 6.08 Å². The molecule has 1 unspecified atom stereocenters. The fraction of sp³-hybridized carbons (Fsp3) is 0.333. The van der Waals surface area contributed by atoms with E-state index in [-0.39, 0.29) is 6.10 Å². The van der Waals surface area contributed by atoms with Crippen molar-refractivity contribution in [3.8, 4) is 0 Å². The number of halogens is 1. The van der Waals surface area contributed by atoms with Crippen LogP contribution in [0.1, 0.15) is 24.8 Å². The van der Waals surface area contributed by atoms with E-state index in [9.17, 15) is 5.11 Å². The Hall–Kier alpha value is -0.790. The Kier molecular flexibility index (Phi) is 2.90. The van der Waals surface area contributed by atoms with Gasteiger partial charge in [-0.25, -0.2) is 0 Å². The zero-order valence-electron chi connectivity index (χ0n) is 7.91. The Morgan fingerprint density at radius 1 is 1.21 bits per heavy atom. The lowest BCUT2D eigenvalue weighted by molar-refractivity contribution is 0.166. The first-order chi connectivity index (χ1) is 6.75. The summed E-state index contributed by atoms with van der Waals surface area (Å²) in [6.45, 7) is 0. The van der Waals surface area contributed by atoms with E-state index in [0.717, 1.165) is 24.3 Å². The zero-order chi connectivity index (χ0) is 9.97. The molecular weight excluding hydrogens is 196 g/mol. The van der Waals surface area contributed by atoms with Crippen molar-refractivity contribution in [1.29, 1.82) is 0 Å². The summed E-state index contributed by atoms with van der Waals surface area (Å²) in [5.41, 5.74) is 2.55. The Morgan fingerprint density at radius 3 is 2.50 bits per heavy atom. The second kappa shape index (κ2) is 4.16. The molecule has 0 aliphatic heterocycles. The van der Waals surface area contributed by atoms with Gasteiger partial charge in [-0.2, -0.15) is 0 Å². The number of aliphatic hydroxyl groups excluding tert-OH is 1. The smallest absolute Gasteiger partial charge is 0.0578 e. The molecule has 0 saturated heterocycles. The van der Waals surface area contributed by atoms with Crippen molar-refractivity contribution in [2.75, 3.05) is 0 Å². The molecule has 0 aromatic heterocycles. The van der Waals surface area contributed by atoms with Crippen LogP contribution in [0.5, 0.6) is 0 Å². The van der Waals surface area contributed by atoms with E-state index in [1.807, 2.05) is 24.3 Å². The number of aliphatic hydroxyl groups is 1. The van der Waals surface area contributed by atoms with Crippen LogP contribution in [0.2, 0.25) is 5.02 Å². The first-order valence-corrected chi connectivity index (χ1v) is 5.26. The van der Waals surface area contributed by atoms with Crippen molar-refractivity contribution < 1.29 is 5.11 Å². The summed E-state index contributed by atoms with van der Waals surface area (Å²) in [4.78, 5) is 0. The van der Waals surface area contributed by atoms with E-state index in [1.165, 1.54) is 11.1 Å². The Bertz CT molecular complexity index is 340. The lowest BCUT2D eigenvalue weighted by Gasteiger charge is -2.17. The van der Waals surface area contributed by atoms with Crippen LogP contribution in [0.3, 0.4) is 0 Å². The van der Waals surface area contributed by atoms with Crippen molar-refractivity contribution in [1.82, 2.24) is 0 Å². The van der Waals surface area contributed by atoms with Gasteiger partial charge in [-0.15, -0.1) is 0 Å². The highest BCUT2D eigenvalue weighted by atomic mass is 35.5. The fourth-order valence-corrected chi connectivity index (χ4v) is 1.87. The fourth-order valence-electron chi connectivity index (χ4n) is 1.75. The molecule has 0 amide bonds. The molecule has 1 N–H and O–H groups in total. The molecule has 2 rings (SSSR count). The largest absolute Gasteiger partial charge is 0.393 e. The predicted molar refractivity (Wildman–Crippen MR) is 59.3 cm³/mol. The minimum Gasteiger partial charge on any atom is -0.393 e. The molecule has 1 nitrogen and oxygen atoms in total. The first-order valence-electron chi connectivity index (χ1n) is 4.89. The third kappa shape index (κ3) is 2.17. The van der Waals surface area contributed by atoms with E-state index in [1.54, 1.807) is 0 Å². The molecule has 2 heteroatoms. The van der Waals surface area contributed by atoms with Crippen molar-refractivity contribution in [3.63, 3.8) is 0 Å². The third-order valence-electron chi connectivity index (χ3n) is 2.60. The number of allylic oxidation sites excluding steroid dienone is 1. The average Bonchev–Trinajstić information content (AvgIpc) is 2.21. The maximum absolute atomic E-state index is 9.35. The van der Waals surface area contributed by atoms with E-state index in [4.69, 9.17) is 11.6 Å². The van der Waals surface area contributed by atoms with Gasteiger partial charge in [-0.05, 0) is 42.5 Å². The maximum atomic E-state index is 9.35. The molecule has 0 heterocycles. The second-order valence-electron chi connectivity index (χ2n) is 3.66. The van der Waals surface area contributed by atoms with Gasteiger partial charge in [0, 0.05) is 5.02 Å². The van der Waals surface area contributed by atoms with Gasteiger partial charge in [-0.1, -0.05) is 29.8 Å². The predicted octanol–water partition coefficient (Wildman–Crippen LogP) is 3.27. The van der Waals surface area contributed by atoms with Gasteiger partial charge < -0.3 is 5.11 Å². The highest BCUT2D eigenvalue weighted by Crippen LogP contribution is 2.27. The molecule has 0 fully saturated rings. The summed E-state index contributed by atoms with van der Waals surface area (Å²) in [5.74, 6) is 0. The molecule has 0 saturated carbocycles. The summed E-state index contributed by atoms with van der Waals surface area (Å²) in [6, 6.07) is 7.88. The number of benzene rings is 1. The van der Waals surface area contributed by atoms with Gasteiger partial charge >= 0.3 is 0 Å². The monoisotopic (exact) mass is 208 g/mol. The lowest BCUT2D eigenvalue weighted by atomic mass is 9.92. The summed E-state index contributed by atoms with van der Waals surface area (Å²) in [5, 5.41) is 10.1. The minimum absolute atomic E-state index is 0.147. The quantitative estimate of drug-likeness (QED) is 0.751. The van der Waals surface area contributed by atoms with Gasteiger partial charge in [0.25, 0.3) is 0 Å². The van der Waals surface area contributed by atoms with Crippen LogP contribution in [0.15, 0.2) is 30.3 Å². The molecule has 14 heavy (non-hydrogen) atoms. The Balaban J connectivity index is 2.19. The van der Waals surface area contributed by atoms with E-state index < -0.39 is 0 Å². The van der Waals surface area contributed by atoms with Gasteiger partial charge in [0.05, 0.1) is 6.10 Å². The number of rotatable bonds is 1. The summed E-state index contributed by atoms with van der Waals surface area (Å²) >= 11 is 5.81. The van der Waals surface area contributed by atoms with Crippen LogP contribution in [0.4, 0.5) is 0 Å². The number of hydrogen-bond donors (Lipinski definition) is 1. The standard InChI is InChI=1S/C12H13ClO/c13-11-5-1-9(2-6-11)10-3-7-12(14)8-4-10/h1-3,5-6,12,14H,4,7-8H2. The molecular formula is C12H13ClO. The van der Waals surface area contributed by atoms with Crippen LogP contribution >= 0.6 is 11.6 Å². The van der Waals surface area contributed by atoms with Crippen LogP contribution in [-0.2, 0) is 0 Å². The molecule has 1 aromatic carbocycles. The normalized spacial score (nSPS) is 21.9. The van der Waals surface area contributed by atoms with Crippen LogP contribution < -0.4 is 0 Å². The minimum atomic E-state index is -0.147. The first kappa shape index (κ1) is 9.75. The van der Waals surface area contributed by atoms with Gasteiger partial charge in [0.2, 0.25) is 0 Å². The van der Waals surface area contributed by atoms with Crippen molar-refractivity contribution in [3.05, 3.63) is 40.9 Å². The van der Waals surface area contributed by atoms with E-state index >= 15 is 0 Å². The Morgan fingerprint density at radius 2 is 1.93 bits per heavy atom. The van der Waals surface area contributed by atoms with Gasteiger partial charge in [-0.3, -0.25) is 0 Å². The average molecular weight is 209 g/mol. The van der Waals surface area contributed by atoms with Gasteiger partial charge in [0.1, 0.15) is 0 Å². The van der Waals surface area contributed by atoms with E-state index in [0.29, 0.717) is 0 Å². The van der Waals surface area contributed by atoms with Gasteiger partial charge in [0.15, 0.2) is 0 Å². The third-order valence-corrected chi connectivity index (χ3v) is 2.85. The highest BCUT2D eigenvalue weighted by molar-refractivity contribution is 6.30. The zero-order valence-corrected chi connectivity index (χ0v) is 8.67. The molecule has 1 aliphatic rings. The maximum Gasteiger partial charge on any atom is 0.0578 e. The highest BCUT2D eigenvalue weighted by Gasteiger charge is 2.12. The molecule has 0 bridgehead atoms. The molecule has 1 aliphatic carbocycles. The molecule has 1 aromatic rings. The topological polar surface area (TPSA) is 20.2 Å².